The summed E-state index contributed by atoms with van der Waals surface area (Å²) in [7, 11) is 1.78. The first-order chi connectivity index (χ1) is 7.70. The van der Waals surface area contributed by atoms with Crippen LogP contribution in [0.5, 0.6) is 0 Å². The van der Waals surface area contributed by atoms with Crippen LogP contribution in [0.15, 0.2) is 18.3 Å². The number of carbonyl (C=O) groups excluding carboxylic acids is 2. The highest BCUT2D eigenvalue weighted by Crippen LogP contribution is 2.16. The van der Waals surface area contributed by atoms with Crippen molar-refractivity contribution in [2.75, 3.05) is 12.4 Å². The van der Waals surface area contributed by atoms with Gasteiger partial charge in [0.15, 0.2) is 0 Å². The minimum atomic E-state index is -0.0900. The lowest BCUT2D eigenvalue weighted by Gasteiger charge is -2.13. The van der Waals surface area contributed by atoms with E-state index in [1.807, 2.05) is 6.07 Å². The van der Waals surface area contributed by atoms with Crippen molar-refractivity contribution < 1.29 is 9.59 Å². The van der Waals surface area contributed by atoms with Gasteiger partial charge in [-0.3, -0.25) is 14.5 Å². The van der Waals surface area contributed by atoms with Gasteiger partial charge in [0.1, 0.15) is 5.82 Å². The van der Waals surface area contributed by atoms with Crippen LogP contribution in [-0.2, 0) is 16.1 Å². The number of nitrogens with zero attached hydrogens (tertiary/aromatic N) is 2. The van der Waals surface area contributed by atoms with Crippen LogP contribution in [0.4, 0.5) is 5.82 Å². The van der Waals surface area contributed by atoms with Gasteiger partial charge in [-0.25, -0.2) is 4.98 Å². The molecule has 0 saturated carbocycles. The van der Waals surface area contributed by atoms with Crippen LogP contribution < -0.4 is 5.32 Å². The number of anilines is 1. The highest BCUT2D eigenvalue weighted by Gasteiger charge is 2.28. The molecule has 0 radical (unpaired) electrons. The van der Waals surface area contributed by atoms with Gasteiger partial charge in [0.25, 0.3) is 0 Å². The van der Waals surface area contributed by atoms with E-state index in [0.717, 1.165) is 11.4 Å². The maximum atomic E-state index is 11.4. The van der Waals surface area contributed by atoms with E-state index in [1.165, 1.54) is 4.90 Å². The van der Waals surface area contributed by atoms with Crippen LogP contribution >= 0.6 is 0 Å². The van der Waals surface area contributed by atoms with Crippen LogP contribution in [0.2, 0.25) is 0 Å². The Labute approximate surface area is 93.5 Å². The molecule has 1 aromatic heterocycles. The third kappa shape index (κ3) is 2.03. The van der Waals surface area contributed by atoms with Crippen molar-refractivity contribution in [3.63, 3.8) is 0 Å². The van der Waals surface area contributed by atoms with Gasteiger partial charge in [0.2, 0.25) is 11.8 Å². The fraction of sp³-hybridized carbons (Fsp3) is 0.364. The second-order valence-electron chi connectivity index (χ2n) is 3.67. The summed E-state index contributed by atoms with van der Waals surface area (Å²) in [6.07, 6.45) is 2.33. The number of hydrogen-bond donors (Lipinski definition) is 1. The molecule has 1 aliphatic heterocycles. The van der Waals surface area contributed by atoms with Gasteiger partial charge in [-0.2, -0.15) is 0 Å². The highest BCUT2D eigenvalue weighted by atomic mass is 16.2. The number of rotatable bonds is 3. The van der Waals surface area contributed by atoms with Crippen molar-refractivity contribution in [2.45, 2.75) is 19.4 Å². The van der Waals surface area contributed by atoms with E-state index in [4.69, 9.17) is 0 Å². The quantitative estimate of drug-likeness (QED) is 0.763. The first-order valence-corrected chi connectivity index (χ1v) is 5.16. The number of aromatic nitrogens is 1. The van der Waals surface area contributed by atoms with Crippen molar-refractivity contribution in [1.82, 2.24) is 9.88 Å². The number of likely N-dealkylation sites (tertiary alicyclic amines) is 1. The molecule has 0 unspecified atom stereocenters. The highest BCUT2D eigenvalue weighted by molar-refractivity contribution is 6.01. The second-order valence-corrected chi connectivity index (χ2v) is 3.67. The number of pyridine rings is 1. The van der Waals surface area contributed by atoms with Crippen LogP contribution in [0.3, 0.4) is 0 Å². The average Bonchev–Trinajstić information content (AvgIpc) is 2.61. The lowest BCUT2D eigenvalue weighted by Crippen LogP contribution is -2.28. The van der Waals surface area contributed by atoms with E-state index in [1.54, 1.807) is 19.3 Å². The first kappa shape index (κ1) is 10.6. The Morgan fingerprint density at radius 3 is 2.69 bits per heavy atom. The first-order valence-electron chi connectivity index (χ1n) is 5.16. The third-order valence-electron chi connectivity index (χ3n) is 2.58. The van der Waals surface area contributed by atoms with E-state index in [2.05, 4.69) is 10.3 Å². The van der Waals surface area contributed by atoms with Gasteiger partial charge in [-0.1, -0.05) is 0 Å². The fourth-order valence-corrected chi connectivity index (χ4v) is 1.69. The minimum absolute atomic E-state index is 0.0900. The molecule has 1 aromatic rings. The molecule has 2 heterocycles. The molecule has 1 saturated heterocycles. The summed E-state index contributed by atoms with van der Waals surface area (Å²) in [5.41, 5.74) is 0.906. The molecule has 0 aromatic carbocycles. The zero-order valence-electron chi connectivity index (χ0n) is 9.06. The summed E-state index contributed by atoms with van der Waals surface area (Å²) in [5.74, 6) is 0.553. The van der Waals surface area contributed by atoms with E-state index in [9.17, 15) is 9.59 Å². The zero-order valence-corrected chi connectivity index (χ0v) is 9.06. The van der Waals surface area contributed by atoms with Crippen molar-refractivity contribution >= 4 is 17.6 Å². The normalized spacial score (nSPS) is 15.7. The molecule has 1 fully saturated rings. The van der Waals surface area contributed by atoms with Crippen LogP contribution in [0, 0.1) is 0 Å². The Balaban J connectivity index is 2.14. The van der Waals surface area contributed by atoms with E-state index in [-0.39, 0.29) is 11.8 Å². The number of amides is 2. The molecule has 84 valence electrons. The molecule has 5 heteroatoms. The molecule has 1 N–H and O–H groups in total. The largest absolute Gasteiger partial charge is 0.373 e. The number of imide groups is 1. The summed E-state index contributed by atoms with van der Waals surface area (Å²) in [6.45, 7) is 0.342. The number of carbonyl (C=O) groups is 2. The predicted molar refractivity (Wildman–Crippen MR) is 58.6 cm³/mol. The Morgan fingerprint density at radius 1 is 1.38 bits per heavy atom. The molecule has 5 nitrogen and oxygen atoms in total. The van der Waals surface area contributed by atoms with E-state index >= 15 is 0 Å². The van der Waals surface area contributed by atoms with E-state index < -0.39 is 0 Å². The summed E-state index contributed by atoms with van der Waals surface area (Å²) in [5, 5.41) is 2.92. The van der Waals surface area contributed by atoms with Crippen LogP contribution in [0.25, 0.3) is 0 Å². The molecule has 0 spiro atoms. The summed E-state index contributed by atoms with van der Waals surface area (Å²) >= 11 is 0. The molecule has 0 bridgehead atoms. The van der Waals surface area contributed by atoms with Crippen molar-refractivity contribution in [2.24, 2.45) is 0 Å². The maximum absolute atomic E-state index is 11.4. The summed E-state index contributed by atoms with van der Waals surface area (Å²) in [4.78, 5) is 28.2. The Hall–Kier alpha value is -1.91. The van der Waals surface area contributed by atoms with Gasteiger partial charge in [-0.05, 0) is 17.7 Å². The maximum Gasteiger partial charge on any atom is 0.229 e. The van der Waals surface area contributed by atoms with Gasteiger partial charge < -0.3 is 5.32 Å². The van der Waals surface area contributed by atoms with Crippen LogP contribution in [0.1, 0.15) is 18.4 Å². The second kappa shape index (κ2) is 4.30. The Bertz CT molecular complexity index is 415. The average molecular weight is 219 g/mol. The van der Waals surface area contributed by atoms with Crippen molar-refractivity contribution in [3.05, 3.63) is 23.9 Å². The van der Waals surface area contributed by atoms with Crippen molar-refractivity contribution in [3.8, 4) is 0 Å². The van der Waals surface area contributed by atoms with Gasteiger partial charge in [0.05, 0.1) is 6.54 Å². The van der Waals surface area contributed by atoms with Gasteiger partial charge in [-0.15, -0.1) is 0 Å². The zero-order chi connectivity index (χ0) is 11.5. The number of hydrogen-bond acceptors (Lipinski definition) is 4. The fourth-order valence-electron chi connectivity index (χ4n) is 1.69. The smallest absolute Gasteiger partial charge is 0.229 e. The lowest BCUT2D eigenvalue weighted by atomic mass is 10.2. The Kier molecular flexibility index (Phi) is 2.85. The molecular weight excluding hydrogens is 206 g/mol. The van der Waals surface area contributed by atoms with E-state index in [0.29, 0.717) is 19.4 Å². The molecule has 2 amide bonds. The summed E-state index contributed by atoms with van der Waals surface area (Å²) < 4.78 is 0. The summed E-state index contributed by atoms with van der Waals surface area (Å²) in [6, 6.07) is 3.64. The molecule has 0 atom stereocenters. The molecule has 0 aliphatic carbocycles. The molecular formula is C11H13N3O2. The standard InChI is InChI=1S/C11H13N3O2/c1-12-9-6-8(4-5-13-9)7-14-10(15)2-3-11(14)16/h4-6H,2-3,7H2,1H3,(H,12,13). The lowest BCUT2D eigenvalue weighted by molar-refractivity contribution is -0.139. The van der Waals surface area contributed by atoms with Crippen LogP contribution in [-0.4, -0.2) is 28.7 Å². The molecule has 16 heavy (non-hydrogen) atoms. The van der Waals surface area contributed by atoms with Crippen molar-refractivity contribution in [1.29, 1.82) is 0 Å². The number of nitrogens with one attached hydrogen (secondary N) is 1. The molecule has 1 aliphatic rings. The molecule has 2 rings (SSSR count). The van der Waals surface area contributed by atoms with Gasteiger partial charge in [0, 0.05) is 26.1 Å². The predicted octanol–water partition coefficient (Wildman–Crippen LogP) is 0.772. The topological polar surface area (TPSA) is 62.3 Å². The van der Waals surface area contributed by atoms with Gasteiger partial charge >= 0.3 is 0 Å². The third-order valence-corrected chi connectivity index (χ3v) is 2.58. The minimum Gasteiger partial charge on any atom is -0.373 e. The monoisotopic (exact) mass is 219 g/mol. The Morgan fingerprint density at radius 2 is 2.06 bits per heavy atom. The SMILES string of the molecule is CNc1cc(CN2C(=O)CCC2=O)ccn1.